The molecular formula is C13H12BrClN2OS. The van der Waals surface area contributed by atoms with Gasteiger partial charge in [0.25, 0.3) is 5.91 Å². The zero-order chi connectivity index (χ0) is 14.0. The molecule has 0 unspecified atom stereocenters. The molecule has 0 aliphatic carbocycles. The number of carbonyl (C=O) groups is 1. The first-order valence-electron chi connectivity index (χ1n) is 5.51. The first-order valence-corrected chi connectivity index (χ1v) is 7.56. The van der Waals surface area contributed by atoms with Crippen molar-refractivity contribution < 1.29 is 4.79 Å². The third-order valence-electron chi connectivity index (χ3n) is 2.67. The highest BCUT2D eigenvalue weighted by Gasteiger charge is 2.16. The minimum Gasteiger partial charge on any atom is -0.397 e. The van der Waals surface area contributed by atoms with Crippen molar-refractivity contribution in [3.63, 3.8) is 0 Å². The molecule has 0 atom stereocenters. The van der Waals surface area contributed by atoms with Crippen LogP contribution in [0.2, 0.25) is 5.02 Å². The first kappa shape index (κ1) is 14.4. The minimum absolute atomic E-state index is 0.137. The Hall–Kier alpha value is -1.04. The number of carbonyl (C=O) groups excluding carboxylic acids is 1. The van der Waals surface area contributed by atoms with Gasteiger partial charge in [0.2, 0.25) is 0 Å². The van der Waals surface area contributed by atoms with Crippen LogP contribution in [0.1, 0.15) is 15.9 Å². The quantitative estimate of drug-likeness (QED) is 0.841. The first-order chi connectivity index (χ1) is 8.99. The average molecular weight is 360 g/mol. The maximum absolute atomic E-state index is 12.3. The Kier molecular flexibility index (Phi) is 4.50. The van der Waals surface area contributed by atoms with Crippen molar-refractivity contribution in [3.8, 4) is 0 Å². The summed E-state index contributed by atoms with van der Waals surface area (Å²) in [5, 5.41) is 2.41. The molecule has 100 valence electrons. The highest BCUT2D eigenvalue weighted by molar-refractivity contribution is 9.11. The number of rotatable bonds is 3. The predicted molar refractivity (Wildman–Crippen MR) is 83.7 cm³/mol. The number of thiophene rings is 1. The largest absolute Gasteiger partial charge is 0.397 e. The molecule has 1 heterocycles. The number of nitrogens with two attached hydrogens (primary N) is 1. The van der Waals surface area contributed by atoms with Gasteiger partial charge in [0, 0.05) is 13.6 Å². The highest BCUT2D eigenvalue weighted by Crippen LogP contribution is 2.25. The Morgan fingerprint density at radius 3 is 2.89 bits per heavy atom. The third kappa shape index (κ3) is 3.29. The van der Waals surface area contributed by atoms with Gasteiger partial charge in [-0.25, -0.2) is 0 Å². The van der Waals surface area contributed by atoms with E-state index in [1.165, 1.54) is 0 Å². The average Bonchev–Trinajstić information content (AvgIpc) is 2.77. The van der Waals surface area contributed by atoms with Gasteiger partial charge in [0.15, 0.2) is 0 Å². The smallest absolute Gasteiger partial charge is 0.256 e. The number of para-hydroxylation sites is 1. The standard InChI is InChI=1S/C13H12BrClN2OS/c1-17(6-8-5-11(14)19-7-8)13(18)9-3-2-4-10(15)12(9)16/h2-5,7H,6,16H2,1H3. The molecule has 2 aromatic rings. The molecule has 0 spiro atoms. The van der Waals surface area contributed by atoms with E-state index in [1.807, 2.05) is 11.4 Å². The minimum atomic E-state index is -0.137. The van der Waals surface area contributed by atoms with Gasteiger partial charge in [-0.15, -0.1) is 11.3 Å². The topological polar surface area (TPSA) is 46.3 Å². The summed E-state index contributed by atoms with van der Waals surface area (Å²) in [5.41, 5.74) is 7.67. The van der Waals surface area contributed by atoms with Crippen LogP contribution in [0.4, 0.5) is 5.69 Å². The lowest BCUT2D eigenvalue weighted by atomic mass is 10.1. The van der Waals surface area contributed by atoms with Gasteiger partial charge in [0.1, 0.15) is 0 Å². The van der Waals surface area contributed by atoms with E-state index in [9.17, 15) is 4.79 Å². The summed E-state index contributed by atoms with van der Waals surface area (Å²) in [4.78, 5) is 13.9. The summed E-state index contributed by atoms with van der Waals surface area (Å²) in [6.07, 6.45) is 0. The molecule has 6 heteroatoms. The SMILES string of the molecule is CN(Cc1csc(Br)c1)C(=O)c1cccc(Cl)c1N. The highest BCUT2D eigenvalue weighted by atomic mass is 79.9. The van der Waals surface area contributed by atoms with Crippen LogP contribution in [0.25, 0.3) is 0 Å². The Morgan fingerprint density at radius 2 is 2.26 bits per heavy atom. The van der Waals surface area contributed by atoms with E-state index in [-0.39, 0.29) is 5.91 Å². The molecule has 0 bridgehead atoms. The van der Waals surface area contributed by atoms with Crippen molar-refractivity contribution in [2.45, 2.75) is 6.54 Å². The number of halogens is 2. The fourth-order valence-corrected chi connectivity index (χ4v) is 3.08. The monoisotopic (exact) mass is 358 g/mol. The molecule has 0 fully saturated rings. The van der Waals surface area contributed by atoms with Gasteiger partial charge in [-0.3, -0.25) is 4.79 Å². The van der Waals surface area contributed by atoms with Crippen LogP contribution in [0.3, 0.4) is 0 Å². The van der Waals surface area contributed by atoms with E-state index in [1.54, 1.807) is 41.5 Å². The normalized spacial score (nSPS) is 10.5. The second-order valence-corrected chi connectivity index (χ2v) is 6.82. The van der Waals surface area contributed by atoms with Gasteiger partial charge in [-0.05, 0) is 45.1 Å². The van der Waals surface area contributed by atoms with Gasteiger partial charge in [-0.1, -0.05) is 17.7 Å². The van der Waals surface area contributed by atoms with Gasteiger partial charge < -0.3 is 10.6 Å². The summed E-state index contributed by atoms with van der Waals surface area (Å²) < 4.78 is 1.05. The van der Waals surface area contributed by atoms with Crippen LogP contribution in [0.5, 0.6) is 0 Å². The maximum atomic E-state index is 12.3. The Morgan fingerprint density at radius 1 is 1.53 bits per heavy atom. The van der Waals surface area contributed by atoms with E-state index in [4.69, 9.17) is 17.3 Å². The van der Waals surface area contributed by atoms with Crippen molar-refractivity contribution in [2.24, 2.45) is 0 Å². The van der Waals surface area contributed by atoms with E-state index < -0.39 is 0 Å². The summed E-state index contributed by atoms with van der Waals surface area (Å²) in [6.45, 7) is 0.535. The second-order valence-electron chi connectivity index (χ2n) is 4.12. The number of nitrogen functional groups attached to an aromatic ring is 1. The molecule has 3 nitrogen and oxygen atoms in total. The lowest BCUT2D eigenvalue weighted by Crippen LogP contribution is -2.26. The van der Waals surface area contributed by atoms with E-state index in [0.29, 0.717) is 22.8 Å². The summed E-state index contributed by atoms with van der Waals surface area (Å²) >= 11 is 10.9. The number of anilines is 1. The molecule has 2 N–H and O–H groups in total. The number of nitrogens with zero attached hydrogens (tertiary/aromatic N) is 1. The Bertz CT molecular complexity index is 614. The van der Waals surface area contributed by atoms with E-state index in [2.05, 4.69) is 15.9 Å². The predicted octanol–water partition coefficient (Wildman–Crippen LogP) is 4.02. The van der Waals surface area contributed by atoms with Crippen LogP contribution in [-0.4, -0.2) is 17.9 Å². The molecule has 2 rings (SSSR count). The molecule has 0 aliphatic rings. The number of hydrogen-bond donors (Lipinski definition) is 1. The second kappa shape index (κ2) is 5.94. The summed E-state index contributed by atoms with van der Waals surface area (Å²) in [7, 11) is 1.74. The van der Waals surface area contributed by atoms with E-state index in [0.717, 1.165) is 9.35 Å². The van der Waals surface area contributed by atoms with Crippen LogP contribution in [-0.2, 0) is 6.54 Å². The number of benzene rings is 1. The number of amides is 1. The van der Waals surface area contributed by atoms with Crippen molar-refractivity contribution in [1.29, 1.82) is 0 Å². The van der Waals surface area contributed by atoms with Crippen LogP contribution >= 0.6 is 38.9 Å². The van der Waals surface area contributed by atoms with Crippen molar-refractivity contribution >= 4 is 50.5 Å². The molecule has 0 saturated heterocycles. The Labute approximate surface area is 129 Å². The summed E-state index contributed by atoms with van der Waals surface area (Å²) in [6, 6.07) is 7.07. The van der Waals surface area contributed by atoms with Crippen molar-refractivity contribution in [2.75, 3.05) is 12.8 Å². The fraction of sp³-hybridized carbons (Fsp3) is 0.154. The van der Waals surface area contributed by atoms with Gasteiger partial charge >= 0.3 is 0 Å². The van der Waals surface area contributed by atoms with Gasteiger partial charge in [-0.2, -0.15) is 0 Å². The fourth-order valence-electron chi connectivity index (χ4n) is 1.70. The van der Waals surface area contributed by atoms with Crippen molar-refractivity contribution in [3.05, 3.63) is 49.6 Å². The zero-order valence-electron chi connectivity index (χ0n) is 10.2. The van der Waals surface area contributed by atoms with Crippen LogP contribution in [0.15, 0.2) is 33.4 Å². The van der Waals surface area contributed by atoms with Gasteiger partial charge in [0.05, 0.1) is 20.1 Å². The molecule has 1 aromatic heterocycles. The molecule has 1 aromatic carbocycles. The molecule has 19 heavy (non-hydrogen) atoms. The zero-order valence-corrected chi connectivity index (χ0v) is 13.3. The number of hydrogen-bond acceptors (Lipinski definition) is 3. The van der Waals surface area contributed by atoms with Crippen LogP contribution in [0, 0.1) is 0 Å². The maximum Gasteiger partial charge on any atom is 0.256 e. The molecular weight excluding hydrogens is 348 g/mol. The van der Waals surface area contributed by atoms with Crippen LogP contribution < -0.4 is 5.73 Å². The van der Waals surface area contributed by atoms with E-state index >= 15 is 0 Å². The molecule has 1 amide bonds. The lowest BCUT2D eigenvalue weighted by Gasteiger charge is -2.17. The third-order valence-corrected chi connectivity index (χ3v) is 4.55. The molecule has 0 aliphatic heterocycles. The van der Waals surface area contributed by atoms with Crippen molar-refractivity contribution in [1.82, 2.24) is 4.90 Å². The Balaban J connectivity index is 2.17. The lowest BCUT2D eigenvalue weighted by molar-refractivity contribution is 0.0786. The summed E-state index contributed by atoms with van der Waals surface area (Å²) in [5.74, 6) is -0.137. The molecule has 0 saturated carbocycles. The molecule has 0 radical (unpaired) electrons.